The van der Waals surface area contributed by atoms with Crippen LogP contribution in [-0.4, -0.2) is 31.6 Å². The third-order valence-corrected chi connectivity index (χ3v) is 5.36. The van der Waals surface area contributed by atoms with E-state index in [0.717, 1.165) is 19.3 Å². The first kappa shape index (κ1) is 16.9. The van der Waals surface area contributed by atoms with Gasteiger partial charge >= 0.3 is 5.97 Å². The van der Waals surface area contributed by atoms with Gasteiger partial charge in [0.15, 0.2) is 5.78 Å². The maximum absolute atomic E-state index is 12.5. The van der Waals surface area contributed by atoms with Crippen LogP contribution in [0.3, 0.4) is 0 Å². The van der Waals surface area contributed by atoms with Crippen LogP contribution in [0, 0.1) is 17.3 Å². The molecule has 0 radical (unpaired) electrons. The molecule has 0 saturated heterocycles. The summed E-state index contributed by atoms with van der Waals surface area (Å²) in [7, 11) is 1.61. The number of methoxy groups -OCH3 is 1. The zero-order chi connectivity index (χ0) is 16.5. The second kappa shape index (κ2) is 6.37. The number of ether oxygens (including phenoxy) is 2. The highest BCUT2D eigenvalue weighted by Gasteiger charge is 2.53. The molecule has 0 aromatic heterocycles. The summed E-state index contributed by atoms with van der Waals surface area (Å²) in [6, 6.07) is 0. The number of hydrogen-bond donors (Lipinski definition) is 0. The first-order valence-corrected chi connectivity index (χ1v) is 7.84. The fraction of sp³-hybridized carbons (Fsp3) is 0.667. The molecule has 2 rings (SSSR count). The Hall–Kier alpha value is -1.42. The lowest BCUT2D eigenvalue weighted by molar-refractivity contribution is -0.153. The second-order valence-corrected chi connectivity index (χ2v) is 6.93. The molecule has 4 heteroatoms. The molecule has 0 aliphatic heterocycles. The van der Waals surface area contributed by atoms with Gasteiger partial charge in [-0.25, -0.2) is 0 Å². The Labute approximate surface area is 132 Å². The van der Waals surface area contributed by atoms with Gasteiger partial charge < -0.3 is 9.47 Å². The fourth-order valence-corrected chi connectivity index (χ4v) is 3.82. The van der Waals surface area contributed by atoms with Crippen molar-refractivity contribution in [2.75, 3.05) is 13.7 Å². The molecule has 0 unspecified atom stereocenters. The standard InChI is InChI=1S/C18H26O4/c1-11-6-7-17(21-5)12(2)16(20)8-15-14(11)9-18(15,4)10-22-13(3)19/h14-15,17H,1-2,6-10H2,3-5H3/t14-,15-,17+,18-/m1/s1. The number of rotatable bonds is 3. The number of carbonyl (C=O) groups excluding carboxylic acids is 2. The van der Waals surface area contributed by atoms with Crippen LogP contribution in [0.2, 0.25) is 0 Å². The van der Waals surface area contributed by atoms with Crippen molar-refractivity contribution in [3.8, 4) is 0 Å². The van der Waals surface area contributed by atoms with E-state index in [-0.39, 0.29) is 29.2 Å². The zero-order valence-corrected chi connectivity index (χ0v) is 13.8. The maximum Gasteiger partial charge on any atom is 0.302 e. The predicted molar refractivity (Wildman–Crippen MR) is 84.3 cm³/mol. The highest BCUT2D eigenvalue weighted by Crippen LogP contribution is 2.56. The van der Waals surface area contributed by atoms with Gasteiger partial charge in [0.1, 0.15) is 0 Å². The summed E-state index contributed by atoms with van der Waals surface area (Å²) in [5.74, 6) is 0.277. The molecule has 122 valence electrons. The van der Waals surface area contributed by atoms with Gasteiger partial charge in [-0.05, 0) is 31.1 Å². The highest BCUT2D eigenvalue weighted by atomic mass is 16.5. The Morgan fingerprint density at radius 1 is 1.41 bits per heavy atom. The molecule has 0 amide bonds. The van der Waals surface area contributed by atoms with E-state index in [1.807, 2.05) is 0 Å². The quantitative estimate of drug-likeness (QED) is 0.457. The van der Waals surface area contributed by atoms with E-state index < -0.39 is 0 Å². The van der Waals surface area contributed by atoms with E-state index >= 15 is 0 Å². The monoisotopic (exact) mass is 306 g/mol. The van der Waals surface area contributed by atoms with Crippen LogP contribution in [0.4, 0.5) is 0 Å². The van der Waals surface area contributed by atoms with E-state index in [9.17, 15) is 9.59 Å². The van der Waals surface area contributed by atoms with Crippen molar-refractivity contribution in [2.24, 2.45) is 17.3 Å². The van der Waals surface area contributed by atoms with Crippen LogP contribution in [0.25, 0.3) is 0 Å². The zero-order valence-electron chi connectivity index (χ0n) is 13.8. The van der Waals surface area contributed by atoms with Crippen molar-refractivity contribution in [1.29, 1.82) is 0 Å². The van der Waals surface area contributed by atoms with Crippen LogP contribution in [-0.2, 0) is 19.1 Å². The van der Waals surface area contributed by atoms with Crippen molar-refractivity contribution < 1.29 is 19.1 Å². The minimum absolute atomic E-state index is 0.0605. The molecule has 0 spiro atoms. The summed E-state index contributed by atoms with van der Waals surface area (Å²) in [5, 5.41) is 0. The largest absolute Gasteiger partial charge is 0.465 e. The molecule has 0 heterocycles. The molecule has 4 atom stereocenters. The average Bonchev–Trinajstić information content (AvgIpc) is 2.50. The fourth-order valence-electron chi connectivity index (χ4n) is 3.82. The Kier molecular flexibility index (Phi) is 4.90. The number of hydrogen-bond acceptors (Lipinski definition) is 4. The van der Waals surface area contributed by atoms with Gasteiger partial charge in [0.2, 0.25) is 0 Å². The molecule has 4 nitrogen and oxygen atoms in total. The molecular weight excluding hydrogens is 280 g/mol. The highest BCUT2D eigenvalue weighted by molar-refractivity contribution is 5.96. The van der Waals surface area contributed by atoms with E-state index in [0.29, 0.717) is 24.5 Å². The van der Waals surface area contributed by atoms with E-state index in [1.54, 1.807) is 7.11 Å². The van der Waals surface area contributed by atoms with Gasteiger partial charge in [0.05, 0.1) is 12.7 Å². The third-order valence-electron chi connectivity index (χ3n) is 5.36. The number of fused-ring (bicyclic) bond motifs is 1. The van der Waals surface area contributed by atoms with Crippen LogP contribution >= 0.6 is 0 Å². The van der Waals surface area contributed by atoms with Crippen molar-refractivity contribution >= 4 is 11.8 Å². The molecule has 2 aliphatic carbocycles. The average molecular weight is 306 g/mol. The van der Waals surface area contributed by atoms with Crippen LogP contribution in [0.15, 0.2) is 24.3 Å². The minimum atomic E-state index is -0.276. The lowest BCUT2D eigenvalue weighted by atomic mass is 9.51. The Balaban J connectivity index is 2.17. The molecule has 2 saturated carbocycles. The summed E-state index contributed by atoms with van der Waals surface area (Å²) in [5.41, 5.74) is 1.58. The molecule has 0 aromatic rings. The maximum atomic E-state index is 12.5. The lowest BCUT2D eigenvalue weighted by Gasteiger charge is -2.53. The van der Waals surface area contributed by atoms with E-state index in [4.69, 9.17) is 9.47 Å². The van der Waals surface area contributed by atoms with Crippen LogP contribution in [0.5, 0.6) is 0 Å². The summed E-state index contributed by atoms with van der Waals surface area (Å²) in [4.78, 5) is 23.6. The van der Waals surface area contributed by atoms with Crippen molar-refractivity contribution in [3.63, 3.8) is 0 Å². The molecule has 0 bridgehead atoms. The molecule has 2 fully saturated rings. The van der Waals surface area contributed by atoms with Gasteiger partial charge in [0, 0.05) is 31.4 Å². The lowest BCUT2D eigenvalue weighted by Crippen LogP contribution is -2.50. The third kappa shape index (κ3) is 3.17. The Bertz CT molecular complexity index is 507. The van der Waals surface area contributed by atoms with Crippen molar-refractivity contribution in [3.05, 3.63) is 24.3 Å². The summed E-state index contributed by atoms with van der Waals surface area (Å²) in [6.45, 7) is 12.0. The van der Waals surface area contributed by atoms with Gasteiger partial charge in [-0.15, -0.1) is 0 Å². The van der Waals surface area contributed by atoms with Crippen LogP contribution in [0.1, 0.15) is 39.5 Å². The Morgan fingerprint density at radius 3 is 2.68 bits per heavy atom. The van der Waals surface area contributed by atoms with Gasteiger partial charge in [-0.3, -0.25) is 9.59 Å². The Morgan fingerprint density at radius 2 is 2.09 bits per heavy atom. The van der Waals surface area contributed by atoms with E-state index in [1.165, 1.54) is 12.5 Å². The van der Waals surface area contributed by atoms with Gasteiger partial charge in [0.25, 0.3) is 0 Å². The topological polar surface area (TPSA) is 52.6 Å². The molecule has 0 aromatic carbocycles. The molecule has 2 aliphatic rings. The first-order valence-electron chi connectivity index (χ1n) is 7.84. The van der Waals surface area contributed by atoms with E-state index in [2.05, 4.69) is 20.1 Å². The number of esters is 1. The summed E-state index contributed by atoms with van der Waals surface area (Å²) in [6.07, 6.45) is 2.72. The van der Waals surface area contributed by atoms with Gasteiger partial charge in [-0.2, -0.15) is 0 Å². The molecular formula is C18H26O4. The number of allylic oxidation sites excluding steroid dienone is 1. The molecule has 0 N–H and O–H groups in total. The summed E-state index contributed by atoms with van der Waals surface area (Å²) < 4.78 is 10.6. The predicted octanol–water partition coefficient (Wildman–Crippen LogP) is 3.07. The summed E-state index contributed by atoms with van der Waals surface area (Å²) >= 11 is 0. The number of ketones is 1. The SMILES string of the molecule is C=C1C(=O)C[C@@H]2[C@H](C[C@]2(C)COC(C)=O)C(=C)CC[C@@H]1OC. The van der Waals surface area contributed by atoms with Crippen molar-refractivity contribution in [1.82, 2.24) is 0 Å². The smallest absolute Gasteiger partial charge is 0.302 e. The first-order chi connectivity index (χ1) is 10.3. The number of carbonyl (C=O) groups is 2. The minimum Gasteiger partial charge on any atom is -0.465 e. The second-order valence-electron chi connectivity index (χ2n) is 6.93. The number of Topliss-reactive ketones (excluding diaryl/α,β-unsaturated/α-hetero) is 1. The van der Waals surface area contributed by atoms with Crippen molar-refractivity contribution in [2.45, 2.75) is 45.6 Å². The molecule has 22 heavy (non-hydrogen) atoms. The normalized spacial score (nSPS) is 35.8. The van der Waals surface area contributed by atoms with Gasteiger partial charge in [-0.1, -0.05) is 25.7 Å². The van der Waals surface area contributed by atoms with Crippen LogP contribution < -0.4 is 0 Å².